The number of aromatic nitrogens is 4. The number of halogens is 1. The first-order valence-corrected chi connectivity index (χ1v) is 8.45. The van der Waals surface area contributed by atoms with Crippen molar-refractivity contribution in [3.63, 3.8) is 0 Å². The summed E-state index contributed by atoms with van der Waals surface area (Å²) < 4.78 is 1.81. The molecule has 1 N–H and O–H groups in total. The van der Waals surface area contributed by atoms with Crippen LogP contribution in [0.25, 0.3) is 16.9 Å². The number of benzene rings is 1. The van der Waals surface area contributed by atoms with Crippen LogP contribution in [-0.4, -0.2) is 30.6 Å². The van der Waals surface area contributed by atoms with Gasteiger partial charge in [0.15, 0.2) is 5.69 Å². The second kappa shape index (κ2) is 5.13. The van der Waals surface area contributed by atoms with Crippen LogP contribution < -0.4 is 0 Å². The van der Waals surface area contributed by atoms with E-state index in [0.29, 0.717) is 23.1 Å². The van der Waals surface area contributed by atoms with Gasteiger partial charge in [-0.15, -0.1) is 0 Å². The van der Waals surface area contributed by atoms with Gasteiger partial charge >= 0.3 is 5.97 Å². The molecular formula is C18H13ClN4O2. The molecule has 1 saturated carbocycles. The van der Waals surface area contributed by atoms with Crippen molar-refractivity contribution in [1.29, 1.82) is 0 Å². The van der Waals surface area contributed by atoms with E-state index in [4.69, 9.17) is 16.6 Å². The zero-order valence-corrected chi connectivity index (χ0v) is 13.9. The summed E-state index contributed by atoms with van der Waals surface area (Å²) in [4.78, 5) is 24.9. The molecule has 5 rings (SSSR count). The summed E-state index contributed by atoms with van der Waals surface area (Å²) in [5.74, 6) is 0.252. The van der Waals surface area contributed by atoms with Crippen LogP contribution in [0.15, 0.2) is 30.7 Å². The normalized spacial score (nSPS) is 15.1. The highest BCUT2D eigenvalue weighted by Crippen LogP contribution is 2.41. The number of fused-ring (bicyclic) bond motifs is 5. The highest BCUT2D eigenvalue weighted by molar-refractivity contribution is 6.31. The van der Waals surface area contributed by atoms with Crippen molar-refractivity contribution >= 4 is 17.6 Å². The largest absolute Gasteiger partial charge is 0.476 e. The van der Waals surface area contributed by atoms with Crippen molar-refractivity contribution in [3.8, 4) is 16.9 Å². The second-order valence-electron chi connectivity index (χ2n) is 6.43. The molecule has 2 aliphatic rings. The van der Waals surface area contributed by atoms with E-state index in [1.165, 1.54) is 0 Å². The van der Waals surface area contributed by atoms with Crippen LogP contribution >= 0.6 is 11.6 Å². The van der Waals surface area contributed by atoms with Gasteiger partial charge in [0, 0.05) is 34.7 Å². The minimum Gasteiger partial charge on any atom is -0.476 e. The maximum atomic E-state index is 11.5. The van der Waals surface area contributed by atoms with E-state index in [2.05, 4.69) is 9.97 Å². The number of hydrogen-bond donors (Lipinski definition) is 1. The number of nitrogens with zero attached hydrogens (tertiary/aromatic N) is 4. The fourth-order valence-electron chi connectivity index (χ4n) is 3.34. The van der Waals surface area contributed by atoms with Crippen molar-refractivity contribution in [2.24, 2.45) is 0 Å². The number of hydrogen-bond acceptors (Lipinski definition) is 4. The maximum absolute atomic E-state index is 11.5. The van der Waals surface area contributed by atoms with Gasteiger partial charge in [-0.3, -0.25) is 0 Å². The average molecular weight is 353 g/mol. The lowest BCUT2D eigenvalue weighted by atomic mass is 10.0. The summed E-state index contributed by atoms with van der Waals surface area (Å²) in [6.45, 7) is 0. The smallest absolute Gasteiger partial charge is 0.356 e. The Bertz CT molecular complexity index is 1040. The first kappa shape index (κ1) is 14.6. The molecule has 1 fully saturated rings. The molecule has 0 spiro atoms. The predicted molar refractivity (Wildman–Crippen MR) is 91.3 cm³/mol. The molecule has 25 heavy (non-hydrogen) atoms. The third-order valence-corrected chi connectivity index (χ3v) is 4.96. The Kier molecular flexibility index (Phi) is 3.00. The van der Waals surface area contributed by atoms with Gasteiger partial charge in [0.1, 0.15) is 12.2 Å². The summed E-state index contributed by atoms with van der Waals surface area (Å²) in [5.41, 5.74) is 4.10. The van der Waals surface area contributed by atoms with Crippen molar-refractivity contribution < 1.29 is 9.90 Å². The molecule has 0 unspecified atom stereocenters. The molecule has 2 aromatic heterocycles. The summed E-state index contributed by atoms with van der Waals surface area (Å²) in [7, 11) is 0. The average Bonchev–Trinajstić information content (AvgIpc) is 3.37. The molecular weight excluding hydrogens is 340 g/mol. The Morgan fingerprint density at radius 3 is 2.88 bits per heavy atom. The third-order valence-electron chi connectivity index (χ3n) is 4.73. The maximum Gasteiger partial charge on any atom is 0.356 e. The summed E-state index contributed by atoms with van der Waals surface area (Å²) in [6.07, 6.45) is 6.01. The number of rotatable bonds is 2. The van der Waals surface area contributed by atoms with Crippen molar-refractivity contribution in [2.45, 2.75) is 25.2 Å². The lowest BCUT2D eigenvalue weighted by molar-refractivity contribution is 0.0690. The molecule has 0 atom stereocenters. The Morgan fingerprint density at radius 2 is 2.12 bits per heavy atom. The van der Waals surface area contributed by atoms with E-state index in [9.17, 15) is 9.90 Å². The minimum absolute atomic E-state index is 0.0556. The summed E-state index contributed by atoms with van der Waals surface area (Å²) in [6, 6.07) is 5.54. The molecule has 7 heteroatoms. The third kappa shape index (κ3) is 2.25. The molecule has 3 aromatic rings. The van der Waals surface area contributed by atoms with Gasteiger partial charge in [0.05, 0.1) is 17.1 Å². The van der Waals surface area contributed by atoms with Gasteiger partial charge < -0.3 is 9.67 Å². The van der Waals surface area contributed by atoms with E-state index in [0.717, 1.165) is 41.2 Å². The Balaban J connectivity index is 1.81. The van der Waals surface area contributed by atoms with Crippen LogP contribution in [0.2, 0.25) is 5.02 Å². The lowest BCUT2D eigenvalue weighted by Crippen LogP contribution is -2.06. The van der Waals surface area contributed by atoms with Crippen molar-refractivity contribution in [2.75, 3.05) is 0 Å². The number of aromatic carboxylic acids is 1. The van der Waals surface area contributed by atoms with Crippen LogP contribution in [0.1, 0.15) is 46.3 Å². The summed E-state index contributed by atoms with van der Waals surface area (Å²) in [5, 5.41) is 10.1. The molecule has 0 bridgehead atoms. The van der Waals surface area contributed by atoms with Crippen LogP contribution in [0.3, 0.4) is 0 Å². The Morgan fingerprint density at radius 1 is 1.28 bits per heavy atom. The number of carboxylic acids is 1. The first-order chi connectivity index (χ1) is 12.1. The number of imidazole rings is 1. The molecule has 0 saturated heterocycles. The quantitative estimate of drug-likeness (QED) is 0.597. The van der Waals surface area contributed by atoms with Gasteiger partial charge in [-0.1, -0.05) is 11.6 Å². The first-order valence-electron chi connectivity index (χ1n) is 8.07. The Hall–Kier alpha value is -2.73. The zero-order valence-electron chi connectivity index (χ0n) is 13.1. The highest BCUT2D eigenvalue weighted by atomic mass is 35.5. The van der Waals surface area contributed by atoms with Crippen LogP contribution in [0, 0.1) is 0 Å². The molecule has 1 aliphatic heterocycles. The molecule has 1 aliphatic carbocycles. The van der Waals surface area contributed by atoms with Crippen molar-refractivity contribution in [3.05, 3.63) is 58.5 Å². The SMILES string of the molecule is O=C(O)c1ncn2c1Cc1cnc(C3CC3)nc1-c1cc(Cl)ccc1-2. The zero-order chi connectivity index (χ0) is 17.1. The fraction of sp³-hybridized carbons (Fsp3) is 0.222. The molecule has 6 nitrogen and oxygen atoms in total. The highest BCUT2D eigenvalue weighted by Gasteiger charge is 2.30. The lowest BCUT2D eigenvalue weighted by Gasteiger charge is -2.11. The molecule has 1 aromatic carbocycles. The summed E-state index contributed by atoms with van der Waals surface area (Å²) >= 11 is 6.23. The van der Waals surface area contributed by atoms with Gasteiger partial charge in [-0.2, -0.15) is 0 Å². The molecule has 0 amide bonds. The molecule has 124 valence electrons. The number of carboxylic acid groups (broad SMARTS) is 1. The van der Waals surface area contributed by atoms with Gasteiger partial charge in [-0.05, 0) is 31.0 Å². The van der Waals surface area contributed by atoms with E-state index < -0.39 is 5.97 Å². The van der Waals surface area contributed by atoms with E-state index in [1.54, 1.807) is 12.4 Å². The molecule has 0 radical (unpaired) electrons. The van der Waals surface area contributed by atoms with Crippen LogP contribution in [0.4, 0.5) is 0 Å². The van der Waals surface area contributed by atoms with E-state index >= 15 is 0 Å². The fourth-order valence-corrected chi connectivity index (χ4v) is 3.51. The molecule has 3 heterocycles. The number of carbonyl (C=O) groups is 1. The van der Waals surface area contributed by atoms with Gasteiger partial charge in [0.2, 0.25) is 0 Å². The van der Waals surface area contributed by atoms with Crippen molar-refractivity contribution in [1.82, 2.24) is 19.5 Å². The monoisotopic (exact) mass is 352 g/mol. The minimum atomic E-state index is -1.04. The Labute approximate surface area is 148 Å². The second-order valence-corrected chi connectivity index (χ2v) is 6.87. The van der Waals surface area contributed by atoms with Gasteiger partial charge in [-0.25, -0.2) is 19.7 Å². The van der Waals surface area contributed by atoms with E-state index in [-0.39, 0.29) is 5.69 Å². The van der Waals surface area contributed by atoms with Crippen LogP contribution in [-0.2, 0) is 6.42 Å². The van der Waals surface area contributed by atoms with Gasteiger partial charge in [0.25, 0.3) is 0 Å². The topological polar surface area (TPSA) is 80.9 Å². The van der Waals surface area contributed by atoms with Crippen LogP contribution in [0.5, 0.6) is 0 Å². The standard InChI is InChI=1S/C18H13ClN4O2/c19-11-3-4-13-12(6-11)15-10(7-20-17(22-15)9-1-2-9)5-14-16(18(24)25)21-8-23(13)14/h3-4,6-9H,1-2,5H2,(H,24,25). The predicted octanol–water partition coefficient (Wildman–Crippen LogP) is 3.46. The van der Waals surface area contributed by atoms with E-state index in [1.807, 2.05) is 22.9 Å².